The Bertz CT molecular complexity index is 1260. The van der Waals surface area contributed by atoms with Gasteiger partial charge in [0.05, 0.1) is 5.92 Å². The van der Waals surface area contributed by atoms with E-state index < -0.39 is 18.0 Å². The summed E-state index contributed by atoms with van der Waals surface area (Å²) in [4.78, 5) is 38.6. The zero-order valence-electron chi connectivity index (χ0n) is 18.8. The van der Waals surface area contributed by atoms with Gasteiger partial charge in [-0.2, -0.15) is 18.2 Å². The van der Waals surface area contributed by atoms with Gasteiger partial charge in [0, 0.05) is 61.6 Å². The Balaban J connectivity index is 1.17. The summed E-state index contributed by atoms with van der Waals surface area (Å²) in [5.74, 6) is -1.55. The van der Waals surface area contributed by atoms with Gasteiger partial charge in [0.2, 0.25) is 17.6 Å². The van der Waals surface area contributed by atoms with Crippen LogP contribution < -0.4 is 9.80 Å². The van der Waals surface area contributed by atoms with Crippen LogP contribution in [0.15, 0.2) is 47.1 Å². The van der Waals surface area contributed by atoms with E-state index in [-0.39, 0.29) is 24.1 Å². The Kier molecular flexibility index (Phi) is 6.29. The number of anilines is 2. The Morgan fingerprint density at radius 1 is 1.06 bits per heavy atom. The quantitative estimate of drug-likeness (QED) is 0.519. The van der Waals surface area contributed by atoms with Gasteiger partial charge in [-0.15, -0.1) is 0 Å². The molecule has 36 heavy (non-hydrogen) atoms. The summed E-state index contributed by atoms with van der Waals surface area (Å²) in [6, 6.07) is 10.2. The molecule has 188 valence electrons. The van der Waals surface area contributed by atoms with E-state index in [9.17, 15) is 22.8 Å². The van der Waals surface area contributed by atoms with E-state index in [1.54, 1.807) is 46.2 Å². The van der Waals surface area contributed by atoms with Gasteiger partial charge in [-0.25, -0.2) is 4.98 Å². The number of hydrogen-bond donors (Lipinski definition) is 0. The number of carbonyl (C=O) groups is 2. The molecule has 5 rings (SSSR count). The van der Waals surface area contributed by atoms with E-state index in [0.29, 0.717) is 49.1 Å². The molecule has 0 saturated carbocycles. The van der Waals surface area contributed by atoms with Crippen molar-refractivity contribution in [1.82, 2.24) is 20.0 Å². The van der Waals surface area contributed by atoms with Crippen molar-refractivity contribution < 1.29 is 27.3 Å². The number of carbonyl (C=O) groups excluding carboxylic acids is 2. The maximum absolute atomic E-state index is 13.1. The standard InChI is InChI=1S/C23H20ClF3N6O3/c24-16-2-4-17(5-3-16)33-13-15(11-19(33)34)21(35)32-9-7-31(8-10-32)18-6-1-14(12-28-18)20-29-22(36-30-20)23(25,26)27/h1-6,12,15H,7-11,13H2. The fourth-order valence-corrected chi connectivity index (χ4v) is 4.44. The number of amides is 2. The van der Waals surface area contributed by atoms with Crippen molar-refractivity contribution in [3.05, 3.63) is 53.5 Å². The average molecular weight is 521 g/mol. The van der Waals surface area contributed by atoms with Gasteiger partial charge in [-0.05, 0) is 36.4 Å². The fraction of sp³-hybridized carbons (Fsp3) is 0.348. The number of rotatable bonds is 4. The van der Waals surface area contributed by atoms with E-state index in [1.807, 2.05) is 4.90 Å². The van der Waals surface area contributed by atoms with Gasteiger partial charge in [0.25, 0.3) is 0 Å². The molecule has 0 spiro atoms. The normalized spacial score (nSPS) is 18.7. The Morgan fingerprint density at radius 3 is 2.39 bits per heavy atom. The van der Waals surface area contributed by atoms with Crippen LogP contribution in [-0.4, -0.2) is 64.6 Å². The second kappa shape index (κ2) is 9.41. The van der Waals surface area contributed by atoms with Crippen molar-refractivity contribution >= 4 is 34.9 Å². The minimum absolute atomic E-state index is 0.0552. The van der Waals surface area contributed by atoms with Gasteiger partial charge in [-0.3, -0.25) is 9.59 Å². The summed E-state index contributed by atoms with van der Waals surface area (Å²) < 4.78 is 42.3. The third-order valence-electron chi connectivity index (χ3n) is 6.20. The molecule has 0 N–H and O–H groups in total. The summed E-state index contributed by atoms with van der Waals surface area (Å²) in [6.45, 7) is 2.32. The molecule has 2 fully saturated rings. The van der Waals surface area contributed by atoms with Crippen molar-refractivity contribution in [3.8, 4) is 11.4 Å². The van der Waals surface area contributed by atoms with E-state index in [1.165, 1.54) is 6.20 Å². The number of piperazine rings is 1. The molecule has 2 amide bonds. The highest BCUT2D eigenvalue weighted by Gasteiger charge is 2.39. The van der Waals surface area contributed by atoms with Crippen molar-refractivity contribution in [2.24, 2.45) is 5.92 Å². The van der Waals surface area contributed by atoms with Crippen LogP contribution in [0.1, 0.15) is 12.3 Å². The number of aromatic nitrogens is 3. The number of alkyl halides is 3. The highest BCUT2D eigenvalue weighted by molar-refractivity contribution is 6.30. The summed E-state index contributed by atoms with van der Waals surface area (Å²) in [5.41, 5.74) is 1.01. The van der Waals surface area contributed by atoms with Gasteiger partial charge in [0.1, 0.15) is 5.82 Å². The first-order chi connectivity index (χ1) is 17.2. The van der Waals surface area contributed by atoms with Gasteiger partial charge < -0.3 is 19.2 Å². The van der Waals surface area contributed by atoms with Crippen LogP contribution in [0.3, 0.4) is 0 Å². The zero-order chi connectivity index (χ0) is 25.4. The Morgan fingerprint density at radius 2 is 1.78 bits per heavy atom. The van der Waals surface area contributed by atoms with E-state index in [0.717, 1.165) is 5.69 Å². The SMILES string of the molecule is O=C(C1CC(=O)N(c2ccc(Cl)cc2)C1)N1CCN(c2ccc(-c3noc(C(F)(F)F)n3)cn2)CC1. The van der Waals surface area contributed by atoms with E-state index in [2.05, 4.69) is 19.6 Å². The molecule has 2 aliphatic rings. The molecule has 0 aliphatic carbocycles. The summed E-state index contributed by atoms with van der Waals surface area (Å²) in [5, 5.41) is 3.93. The predicted octanol–water partition coefficient (Wildman–Crippen LogP) is 3.51. The molecule has 4 heterocycles. The molecular weight excluding hydrogens is 501 g/mol. The van der Waals surface area contributed by atoms with Crippen LogP contribution in [-0.2, 0) is 15.8 Å². The van der Waals surface area contributed by atoms with Gasteiger partial charge in [0.15, 0.2) is 0 Å². The van der Waals surface area contributed by atoms with E-state index >= 15 is 0 Å². The molecule has 2 aliphatic heterocycles. The highest BCUT2D eigenvalue weighted by Crippen LogP contribution is 2.30. The fourth-order valence-electron chi connectivity index (χ4n) is 4.32. The summed E-state index contributed by atoms with van der Waals surface area (Å²) in [6.07, 6.45) is -3.17. The Hall–Kier alpha value is -3.67. The van der Waals surface area contributed by atoms with Crippen LogP contribution >= 0.6 is 11.6 Å². The molecule has 1 aromatic carbocycles. The second-order valence-electron chi connectivity index (χ2n) is 8.52. The number of halogens is 4. The Labute approximate surface area is 208 Å². The van der Waals surface area contributed by atoms with Gasteiger partial charge >= 0.3 is 12.1 Å². The first kappa shape index (κ1) is 24.0. The third-order valence-corrected chi connectivity index (χ3v) is 6.45. The monoisotopic (exact) mass is 520 g/mol. The maximum Gasteiger partial charge on any atom is 0.471 e. The molecule has 13 heteroatoms. The maximum atomic E-state index is 13.1. The lowest BCUT2D eigenvalue weighted by atomic mass is 10.1. The van der Waals surface area contributed by atoms with Crippen LogP contribution in [0.2, 0.25) is 5.02 Å². The molecular formula is C23H20ClF3N6O3. The van der Waals surface area contributed by atoms with Crippen molar-refractivity contribution in [1.29, 1.82) is 0 Å². The summed E-state index contributed by atoms with van der Waals surface area (Å²) >= 11 is 5.92. The first-order valence-corrected chi connectivity index (χ1v) is 11.5. The minimum atomic E-state index is -4.71. The zero-order valence-corrected chi connectivity index (χ0v) is 19.5. The number of pyridine rings is 1. The van der Waals surface area contributed by atoms with Crippen LogP contribution in [0.4, 0.5) is 24.7 Å². The first-order valence-electron chi connectivity index (χ1n) is 11.2. The van der Waals surface area contributed by atoms with Crippen LogP contribution in [0.25, 0.3) is 11.4 Å². The number of benzene rings is 1. The van der Waals surface area contributed by atoms with Crippen LogP contribution in [0.5, 0.6) is 0 Å². The lowest BCUT2D eigenvalue weighted by Gasteiger charge is -2.36. The minimum Gasteiger partial charge on any atom is -0.353 e. The summed E-state index contributed by atoms with van der Waals surface area (Å²) in [7, 11) is 0. The van der Waals surface area contributed by atoms with Gasteiger partial charge in [-0.1, -0.05) is 16.8 Å². The van der Waals surface area contributed by atoms with Crippen molar-refractivity contribution in [3.63, 3.8) is 0 Å². The largest absolute Gasteiger partial charge is 0.471 e. The second-order valence-corrected chi connectivity index (χ2v) is 8.96. The molecule has 0 bridgehead atoms. The molecule has 2 aromatic heterocycles. The van der Waals surface area contributed by atoms with Crippen LogP contribution in [0, 0.1) is 5.92 Å². The highest BCUT2D eigenvalue weighted by atomic mass is 35.5. The number of nitrogens with zero attached hydrogens (tertiary/aromatic N) is 6. The topological polar surface area (TPSA) is 95.7 Å². The smallest absolute Gasteiger partial charge is 0.353 e. The third kappa shape index (κ3) is 4.85. The molecule has 2 saturated heterocycles. The molecule has 1 unspecified atom stereocenters. The lowest BCUT2D eigenvalue weighted by Crippen LogP contribution is -2.51. The molecule has 0 radical (unpaired) electrons. The molecule has 9 nitrogen and oxygen atoms in total. The van der Waals surface area contributed by atoms with Crippen molar-refractivity contribution in [2.45, 2.75) is 12.6 Å². The molecule has 1 atom stereocenters. The predicted molar refractivity (Wildman–Crippen MR) is 123 cm³/mol. The number of hydrogen-bond acceptors (Lipinski definition) is 7. The van der Waals surface area contributed by atoms with Crippen molar-refractivity contribution in [2.75, 3.05) is 42.5 Å². The lowest BCUT2D eigenvalue weighted by molar-refractivity contribution is -0.159. The average Bonchev–Trinajstić information content (AvgIpc) is 3.52. The molecule has 3 aromatic rings. The van der Waals surface area contributed by atoms with E-state index in [4.69, 9.17) is 11.6 Å².